The van der Waals surface area contributed by atoms with Crippen molar-refractivity contribution in [2.45, 2.75) is 22.0 Å². The van der Waals surface area contributed by atoms with Crippen LogP contribution < -0.4 is 10.3 Å². The van der Waals surface area contributed by atoms with Crippen LogP contribution in [-0.2, 0) is 29.0 Å². The number of alkyl halides is 3. The molecule has 13 heteroatoms. The fraction of sp³-hybridized carbons (Fsp3) is 0.167. The van der Waals surface area contributed by atoms with Gasteiger partial charge < -0.3 is 4.57 Å². The molecule has 0 spiro atoms. The highest BCUT2D eigenvalue weighted by atomic mass is 32.2. The quantitative estimate of drug-likeness (QED) is 0.406. The SMILES string of the molecule is Cn1cnnc1SCc1ccc(C(=O)NNS(=O)(=O)c2ccccc2C(F)(F)F)cc1. The van der Waals surface area contributed by atoms with Gasteiger partial charge in [-0.15, -0.1) is 15.0 Å². The van der Waals surface area contributed by atoms with Crippen LogP contribution in [0.15, 0.2) is 64.9 Å². The van der Waals surface area contributed by atoms with Crippen LogP contribution in [0.25, 0.3) is 0 Å². The standard InChI is InChI=1S/C18H16F3N5O3S2/c1-26-11-22-24-17(26)30-10-12-6-8-13(9-7-12)16(27)23-25-31(28,29)15-5-3-2-4-14(15)18(19,20)21/h2-9,11,25H,10H2,1H3,(H,23,27). The normalized spacial score (nSPS) is 12.0. The van der Waals surface area contributed by atoms with Crippen LogP contribution in [0.4, 0.5) is 13.2 Å². The Morgan fingerprint density at radius 3 is 2.42 bits per heavy atom. The first-order valence-electron chi connectivity index (χ1n) is 8.62. The number of hydrazine groups is 1. The van der Waals surface area contributed by atoms with Crippen LogP contribution in [0.5, 0.6) is 0 Å². The number of rotatable bonds is 7. The van der Waals surface area contributed by atoms with Crippen molar-refractivity contribution in [3.63, 3.8) is 0 Å². The largest absolute Gasteiger partial charge is 0.417 e. The lowest BCUT2D eigenvalue weighted by Gasteiger charge is -2.14. The lowest BCUT2D eigenvalue weighted by molar-refractivity contribution is -0.139. The zero-order valence-electron chi connectivity index (χ0n) is 15.9. The molecule has 0 aliphatic rings. The highest BCUT2D eigenvalue weighted by molar-refractivity contribution is 7.98. The smallest absolute Gasteiger partial charge is 0.312 e. The van der Waals surface area contributed by atoms with E-state index in [0.29, 0.717) is 11.8 Å². The fourth-order valence-corrected chi connectivity index (χ4v) is 4.39. The third-order valence-electron chi connectivity index (χ3n) is 4.03. The molecule has 0 unspecified atom stereocenters. The first-order chi connectivity index (χ1) is 14.6. The summed E-state index contributed by atoms with van der Waals surface area (Å²) in [5.74, 6) is -0.254. The van der Waals surface area contributed by atoms with Gasteiger partial charge in [0.15, 0.2) is 5.16 Å². The summed E-state index contributed by atoms with van der Waals surface area (Å²) >= 11 is 1.44. The van der Waals surface area contributed by atoms with Crippen molar-refractivity contribution in [2.75, 3.05) is 0 Å². The Kier molecular flexibility index (Phi) is 6.67. The Labute approximate surface area is 179 Å². The number of sulfonamides is 1. The van der Waals surface area contributed by atoms with E-state index in [2.05, 4.69) is 10.2 Å². The molecular formula is C18H16F3N5O3S2. The van der Waals surface area contributed by atoms with Crippen molar-refractivity contribution in [2.24, 2.45) is 7.05 Å². The number of thioether (sulfide) groups is 1. The summed E-state index contributed by atoms with van der Waals surface area (Å²) in [5.41, 5.74) is 1.60. The van der Waals surface area contributed by atoms with E-state index >= 15 is 0 Å². The molecule has 0 atom stereocenters. The number of hydrogen-bond acceptors (Lipinski definition) is 6. The summed E-state index contributed by atoms with van der Waals surface area (Å²) in [7, 11) is -2.83. The summed E-state index contributed by atoms with van der Waals surface area (Å²) in [5, 5.41) is 8.44. The van der Waals surface area contributed by atoms with Crippen LogP contribution in [0.1, 0.15) is 21.5 Å². The monoisotopic (exact) mass is 471 g/mol. The van der Waals surface area contributed by atoms with Gasteiger partial charge in [-0.1, -0.05) is 36.0 Å². The van der Waals surface area contributed by atoms with Crippen LogP contribution >= 0.6 is 11.8 Å². The lowest BCUT2D eigenvalue weighted by atomic mass is 10.1. The minimum absolute atomic E-state index is 0.124. The van der Waals surface area contributed by atoms with Gasteiger partial charge in [-0.2, -0.15) is 13.2 Å². The van der Waals surface area contributed by atoms with Crippen molar-refractivity contribution in [3.8, 4) is 0 Å². The summed E-state index contributed by atoms with van der Waals surface area (Å²) in [6.45, 7) is 0. The second-order valence-corrected chi connectivity index (χ2v) is 8.86. The zero-order valence-corrected chi connectivity index (χ0v) is 17.6. The van der Waals surface area contributed by atoms with Crippen LogP contribution in [0.3, 0.4) is 0 Å². The first-order valence-corrected chi connectivity index (χ1v) is 11.1. The van der Waals surface area contributed by atoms with Gasteiger partial charge in [0.25, 0.3) is 15.9 Å². The molecule has 0 bridgehead atoms. The molecule has 0 saturated heterocycles. The Morgan fingerprint density at radius 1 is 1.13 bits per heavy atom. The predicted octanol–water partition coefficient (Wildman–Crippen LogP) is 2.75. The summed E-state index contributed by atoms with van der Waals surface area (Å²) in [6, 6.07) is 9.97. The van der Waals surface area contributed by atoms with Gasteiger partial charge in [0.2, 0.25) is 0 Å². The molecule has 31 heavy (non-hydrogen) atoms. The van der Waals surface area contributed by atoms with Crippen molar-refractivity contribution < 1.29 is 26.4 Å². The number of aromatic nitrogens is 3. The van der Waals surface area contributed by atoms with Crippen molar-refractivity contribution in [1.29, 1.82) is 0 Å². The van der Waals surface area contributed by atoms with E-state index in [0.717, 1.165) is 28.9 Å². The summed E-state index contributed by atoms with van der Waals surface area (Å²) in [4.78, 5) is 12.9. The Bertz CT molecular complexity index is 1180. The lowest BCUT2D eigenvalue weighted by Crippen LogP contribution is -2.42. The number of nitrogens with zero attached hydrogens (tertiary/aromatic N) is 3. The molecule has 1 heterocycles. The number of halogens is 3. The number of benzene rings is 2. The fourth-order valence-electron chi connectivity index (χ4n) is 2.48. The molecule has 1 amide bonds. The third-order valence-corrected chi connectivity index (χ3v) is 6.45. The molecule has 164 valence electrons. The maximum Gasteiger partial charge on any atom is 0.417 e. The van der Waals surface area contributed by atoms with E-state index in [1.807, 2.05) is 12.5 Å². The van der Waals surface area contributed by atoms with Crippen molar-refractivity contribution >= 4 is 27.7 Å². The Morgan fingerprint density at radius 2 is 1.81 bits per heavy atom. The third kappa shape index (κ3) is 5.62. The molecule has 3 rings (SSSR count). The van der Waals surface area contributed by atoms with Gasteiger partial charge in [0.1, 0.15) is 6.33 Å². The number of carbonyl (C=O) groups is 1. The molecule has 0 radical (unpaired) electrons. The number of amides is 1. The van der Waals surface area contributed by atoms with E-state index in [4.69, 9.17) is 0 Å². The summed E-state index contributed by atoms with van der Waals surface area (Å²) in [6.07, 6.45) is -3.29. The maximum absolute atomic E-state index is 13.1. The zero-order chi connectivity index (χ0) is 22.6. The van der Waals surface area contributed by atoms with Crippen molar-refractivity contribution in [3.05, 3.63) is 71.5 Å². The van der Waals surface area contributed by atoms with Gasteiger partial charge in [-0.05, 0) is 29.8 Å². The second-order valence-electron chi connectivity index (χ2n) is 6.26. The van der Waals surface area contributed by atoms with Crippen LogP contribution in [0, 0.1) is 0 Å². The highest BCUT2D eigenvalue weighted by Crippen LogP contribution is 2.33. The predicted molar refractivity (Wildman–Crippen MR) is 106 cm³/mol. The molecule has 1 aromatic heterocycles. The van der Waals surface area contributed by atoms with E-state index in [1.165, 1.54) is 23.9 Å². The number of nitrogens with one attached hydrogen (secondary N) is 2. The molecule has 8 nitrogen and oxygen atoms in total. The van der Waals surface area contributed by atoms with Crippen LogP contribution in [-0.4, -0.2) is 29.1 Å². The topological polar surface area (TPSA) is 106 Å². The van der Waals surface area contributed by atoms with Gasteiger partial charge >= 0.3 is 6.18 Å². The molecule has 2 N–H and O–H groups in total. The molecule has 2 aromatic carbocycles. The van der Waals surface area contributed by atoms with Gasteiger partial charge in [-0.3, -0.25) is 10.2 Å². The maximum atomic E-state index is 13.1. The average molecular weight is 471 g/mol. The van der Waals surface area contributed by atoms with E-state index in [1.54, 1.807) is 27.9 Å². The van der Waals surface area contributed by atoms with E-state index < -0.39 is 32.6 Å². The molecule has 0 fully saturated rings. The second kappa shape index (κ2) is 9.08. The Balaban J connectivity index is 1.64. The molecule has 0 aliphatic carbocycles. The average Bonchev–Trinajstić information content (AvgIpc) is 3.15. The van der Waals surface area contributed by atoms with E-state index in [9.17, 15) is 26.4 Å². The molecule has 3 aromatic rings. The summed E-state index contributed by atoms with van der Waals surface area (Å²) < 4.78 is 65.5. The molecule has 0 saturated carbocycles. The number of hydrogen-bond donors (Lipinski definition) is 2. The van der Waals surface area contributed by atoms with E-state index in [-0.39, 0.29) is 5.56 Å². The number of aryl methyl sites for hydroxylation is 1. The van der Waals surface area contributed by atoms with Gasteiger partial charge in [-0.25, -0.2) is 8.42 Å². The molecular weight excluding hydrogens is 455 g/mol. The number of carbonyl (C=O) groups excluding carboxylic acids is 1. The highest BCUT2D eigenvalue weighted by Gasteiger charge is 2.37. The Hall–Kier alpha value is -2.90. The van der Waals surface area contributed by atoms with Crippen LogP contribution in [0.2, 0.25) is 0 Å². The van der Waals surface area contributed by atoms with Crippen molar-refractivity contribution in [1.82, 2.24) is 25.0 Å². The van der Waals surface area contributed by atoms with Gasteiger partial charge in [0.05, 0.1) is 10.5 Å². The minimum atomic E-state index is -4.87. The van der Waals surface area contributed by atoms with Gasteiger partial charge in [0, 0.05) is 18.4 Å². The minimum Gasteiger partial charge on any atom is -0.312 e. The first kappa shape index (κ1) is 22.8. The molecule has 0 aliphatic heterocycles.